The number of nitrogens with one attached hydrogen (secondary N) is 1. The van der Waals surface area contributed by atoms with E-state index in [1.54, 1.807) is 0 Å². The van der Waals surface area contributed by atoms with Crippen LogP contribution < -0.4 is 10.5 Å². The Morgan fingerprint density at radius 1 is 1.44 bits per heavy atom. The van der Waals surface area contributed by atoms with Crippen LogP contribution in [-0.4, -0.2) is 55.3 Å². The molecule has 1 saturated heterocycles. The molecule has 0 aromatic carbocycles. The van der Waals surface area contributed by atoms with Gasteiger partial charge in [0, 0.05) is 13.1 Å². The third kappa shape index (κ3) is 4.49. The number of aliphatic carboxylic acids is 1. The van der Waals surface area contributed by atoms with Crippen LogP contribution in [0.2, 0.25) is 0 Å². The number of nitrogens with two attached hydrogens (primary N) is 1. The van der Waals surface area contributed by atoms with Gasteiger partial charge in [-0.15, -0.1) is 0 Å². The molecule has 4 N–H and O–H groups in total. The van der Waals surface area contributed by atoms with Crippen molar-refractivity contribution in [3.63, 3.8) is 0 Å². The average molecular weight is 279 g/mol. The zero-order chi connectivity index (χ0) is 13.8. The van der Waals surface area contributed by atoms with Crippen LogP contribution >= 0.6 is 0 Å². The molecule has 8 nitrogen and oxygen atoms in total. The van der Waals surface area contributed by atoms with Gasteiger partial charge in [-0.25, -0.2) is 23.1 Å². The smallest absolute Gasteiger partial charge is 0.326 e. The molecule has 0 unspecified atom stereocenters. The Bertz CT molecular complexity index is 422. The van der Waals surface area contributed by atoms with Crippen LogP contribution in [0.4, 0.5) is 4.79 Å². The Morgan fingerprint density at radius 2 is 2.11 bits per heavy atom. The number of amides is 2. The molecule has 0 aliphatic carbocycles. The zero-order valence-corrected chi connectivity index (χ0v) is 10.6. The minimum Gasteiger partial charge on any atom is -0.480 e. The summed E-state index contributed by atoms with van der Waals surface area (Å²) in [5, 5.41) is 16.2. The van der Waals surface area contributed by atoms with Gasteiger partial charge in [-0.2, -0.15) is 0 Å². The summed E-state index contributed by atoms with van der Waals surface area (Å²) in [6, 6.07) is -1.27. The van der Waals surface area contributed by atoms with Gasteiger partial charge in [0.05, 0.1) is 5.75 Å². The van der Waals surface area contributed by atoms with E-state index in [1.807, 2.05) is 0 Å². The van der Waals surface area contributed by atoms with Gasteiger partial charge in [0.2, 0.25) is 10.0 Å². The molecule has 0 bridgehead atoms. The van der Waals surface area contributed by atoms with E-state index in [0.717, 1.165) is 0 Å². The molecule has 1 rings (SSSR count). The summed E-state index contributed by atoms with van der Waals surface area (Å²) in [6.07, 6.45) is 1.30. The molecule has 0 aromatic rings. The van der Waals surface area contributed by atoms with E-state index in [0.29, 0.717) is 19.4 Å². The molecule has 18 heavy (non-hydrogen) atoms. The highest BCUT2D eigenvalue weighted by Gasteiger charge is 2.33. The van der Waals surface area contributed by atoms with Crippen LogP contribution in [0.3, 0.4) is 0 Å². The molecule has 1 heterocycles. The molecule has 0 radical (unpaired) electrons. The molecule has 104 valence electrons. The molecule has 0 aromatic heterocycles. The number of sulfonamides is 1. The van der Waals surface area contributed by atoms with Crippen molar-refractivity contribution < 1.29 is 23.1 Å². The van der Waals surface area contributed by atoms with Gasteiger partial charge in [-0.1, -0.05) is 0 Å². The van der Waals surface area contributed by atoms with Gasteiger partial charge in [0.1, 0.15) is 6.04 Å². The predicted molar refractivity (Wildman–Crippen MR) is 63.4 cm³/mol. The van der Waals surface area contributed by atoms with Crippen LogP contribution in [0.5, 0.6) is 0 Å². The van der Waals surface area contributed by atoms with Crippen LogP contribution in [-0.2, 0) is 14.8 Å². The van der Waals surface area contributed by atoms with Gasteiger partial charge in [0.25, 0.3) is 0 Å². The van der Waals surface area contributed by atoms with Crippen molar-refractivity contribution in [2.45, 2.75) is 25.3 Å². The number of nitrogens with zero attached hydrogens (tertiary/aromatic N) is 1. The van der Waals surface area contributed by atoms with Crippen molar-refractivity contribution >= 4 is 22.0 Å². The fraction of sp³-hybridized carbons (Fsp3) is 0.778. The average Bonchev–Trinajstić information content (AvgIpc) is 2.71. The first-order valence-corrected chi connectivity index (χ1v) is 7.30. The predicted octanol–water partition coefficient (Wildman–Crippen LogP) is -1.08. The summed E-state index contributed by atoms with van der Waals surface area (Å²) in [5.74, 6) is -1.23. The Hall–Kier alpha value is -1.35. The van der Waals surface area contributed by atoms with E-state index in [2.05, 4.69) is 5.32 Å². The van der Waals surface area contributed by atoms with E-state index in [-0.39, 0.29) is 18.7 Å². The summed E-state index contributed by atoms with van der Waals surface area (Å²) in [6.45, 7) is 0.552. The molecule has 0 spiro atoms. The Balaban J connectivity index is 2.35. The molecular weight excluding hydrogens is 262 g/mol. The largest absolute Gasteiger partial charge is 0.480 e. The first-order valence-electron chi connectivity index (χ1n) is 5.59. The Labute approximate surface area is 105 Å². The molecule has 1 aliphatic heterocycles. The number of carboxylic acids is 1. The lowest BCUT2D eigenvalue weighted by Crippen LogP contribution is -2.46. The van der Waals surface area contributed by atoms with Gasteiger partial charge < -0.3 is 15.3 Å². The summed E-state index contributed by atoms with van der Waals surface area (Å²) in [7, 11) is -3.52. The lowest BCUT2D eigenvalue weighted by molar-refractivity contribution is -0.141. The molecular formula is C9H17N3O5S. The number of primary sulfonamides is 1. The van der Waals surface area contributed by atoms with E-state index in [1.165, 1.54) is 4.90 Å². The Morgan fingerprint density at radius 3 is 2.67 bits per heavy atom. The van der Waals surface area contributed by atoms with Crippen molar-refractivity contribution in [2.24, 2.45) is 5.14 Å². The second-order valence-corrected chi connectivity index (χ2v) is 5.88. The van der Waals surface area contributed by atoms with E-state index in [9.17, 15) is 18.0 Å². The van der Waals surface area contributed by atoms with Crippen LogP contribution in [0, 0.1) is 0 Å². The number of carbonyl (C=O) groups excluding carboxylic acids is 1. The number of rotatable bonds is 5. The highest BCUT2D eigenvalue weighted by molar-refractivity contribution is 7.89. The van der Waals surface area contributed by atoms with E-state index >= 15 is 0 Å². The first-order chi connectivity index (χ1) is 8.31. The van der Waals surface area contributed by atoms with Crippen molar-refractivity contribution in [1.82, 2.24) is 10.2 Å². The fourth-order valence-corrected chi connectivity index (χ4v) is 2.38. The highest BCUT2D eigenvalue weighted by atomic mass is 32.2. The van der Waals surface area contributed by atoms with Crippen LogP contribution in [0.25, 0.3) is 0 Å². The van der Waals surface area contributed by atoms with Crippen molar-refractivity contribution in [3.8, 4) is 0 Å². The summed E-state index contributed by atoms with van der Waals surface area (Å²) in [5.41, 5.74) is 0. The van der Waals surface area contributed by atoms with E-state index in [4.69, 9.17) is 10.2 Å². The molecule has 2 amide bonds. The van der Waals surface area contributed by atoms with Crippen LogP contribution in [0.15, 0.2) is 0 Å². The maximum absolute atomic E-state index is 11.7. The number of hydrogen-bond acceptors (Lipinski definition) is 4. The summed E-state index contributed by atoms with van der Waals surface area (Å²) < 4.78 is 21.3. The SMILES string of the molecule is NS(=O)(=O)CCCNC(=O)N1CCC[C@H]1C(=O)O. The molecule has 0 saturated carbocycles. The molecule has 1 fully saturated rings. The molecule has 9 heteroatoms. The third-order valence-corrected chi connectivity index (χ3v) is 3.54. The fourth-order valence-electron chi connectivity index (χ4n) is 1.84. The summed E-state index contributed by atoms with van der Waals surface area (Å²) >= 11 is 0. The van der Waals surface area contributed by atoms with Gasteiger partial charge in [-0.05, 0) is 19.3 Å². The summed E-state index contributed by atoms with van der Waals surface area (Å²) in [4.78, 5) is 23.8. The standard InChI is InChI=1S/C9H17N3O5S/c10-18(16,17)6-2-4-11-9(15)12-5-1-3-7(12)8(13)14/h7H,1-6H2,(H,11,15)(H,13,14)(H2,10,16,17)/t7-/m0/s1. The minimum absolute atomic E-state index is 0.151. The topological polar surface area (TPSA) is 130 Å². The monoisotopic (exact) mass is 279 g/mol. The van der Waals surface area contributed by atoms with Gasteiger partial charge in [-0.3, -0.25) is 0 Å². The van der Waals surface area contributed by atoms with Crippen molar-refractivity contribution in [3.05, 3.63) is 0 Å². The number of carbonyl (C=O) groups is 2. The van der Waals surface area contributed by atoms with Crippen molar-refractivity contribution in [2.75, 3.05) is 18.8 Å². The quantitative estimate of drug-likeness (QED) is 0.551. The zero-order valence-electron chi connectivity index (χ0n) is 9.83. The number of likely N-dealkylation sites (tertiary alicyclic amines) is 1. The maximum atomic E-state index is 11.7. The Kier molecular flexibility index (Phi) is 4.91. The second kappa shape index (κ2) is 6.01. The lowest BCUT2D eigenvalue weighted by Gasteiger charge is -2.21. The minimum atomic E-state index is -3.52. The van der Waals surface area contributed by atoms with Crippen LogP contribution in [0.1, 0.15) is 19.3 Å². The first kappa shape index (κ1) is 14.7. The lowest BCUT2D eigenvalue weighted by atomic mass is 10.2. The molecule has 1 atom stereocenters. The normalized spacial score (nSPS) is 19.8. The van der Waals surface area contributed by atoms with E-state index < -0.39 is 28.1 Å². The van der Waals surface area contributed by atoms with Gasteiger partial charge in [0.15, 0.2) is 0 Å². The second-order valence-electron chi connectivity index (χ2n) is 4.14. The number of urea groups is 1. The molecule has 1 aliphatic rings. The highest BCUT2D eigenvalue weighted by Crippen LogP contribution is 2.17. The maximum Gasteiger partial charge on any atom is 0.326 e. The van der Waals surface area contributed by atoms with Gasteiger partial charge >= 0.3 is 12.0 Å². The third-order valence-electron chi connectivity index (χ3n) is 2.68. The number of carboxylic acid groups (broad SMARTS) is 1. The van der Waals surface area contributed by atoms with Crippen molar-refractivity contribution in [1.29, 1.82) is 0 Å². The number of hydrogen-bond donors (Lipinski definition) is 3.